The molecule has 0 radical (unpaired) electrons. The van der Waals surface area contributed by atoms with Crippen LogP contribution in [0.2, 0.25) is 5.02 Å². The summed E-state index contributed by atoms with van der Waals surface area (Å²) in [7, 11) is 6.05. The van der Waals surface area contributed by atoms with Gasteiger partial charge in [0.25, 0.3) is 0 Å². The Kier molecular flexibility index (Phi) is 7.37. The van der Waals surface area contributed by atoms with Crippen LogP contribution in [-0.2, 0) is 11.2 Å². The minimum Gasteiger partial charge on any atom is -0.493 e. The van der Waals surface area contributed by atoms with Gasteiger partial charge in [0.05, 0.1) is 34.0 Å². The van der Waals surface area contributed by atoms with E-state index < -0.39 is 23.6 Å². The summed E-state index contributed by atoms with van der Waals surface area (Å²) in [5, 5.41) is 12.6. The second-order valence-corrected chi connectivity index (χ2v) is 10.3. The van der Waals surface area contributed by atoms with Gasteiger partial charge in [-0.15, -0.1) is 0 Å². The lowest BCUT2D eigenvalue weighted by atomic mass is 9.73. The number of hydrogen-bond acceptors (Lipinski definition) is 9. The van der Waals surface area contributed by atoms with E-state index in [2.05, 4.69) is 0 Å². The van der Waals surface area contributed by atoms with Crippen molar-refractivity contribution in [2.75, 3.05) is 35.2 Å². The Bertz CT molecular complexity index is 1450. The maximum Gasteiger partial charge on any atom is 0.338 e. The summed E-state index contributed by atoms with van der Waals surface area (Å²) in [6.07, 6.45) is -0.765. The molecular formula is C30H31ClO9. The molecule has 3 aromatic carbocycles. The van der Waals surface area contributed by atoms with Crippen molar-refractivity contribution in [1.29, 1.82) is 0 Å². The van der Waals surface area contributed by atoms with E-state index in [4.69, 9.17) is 44.8 Å². The maximum absolute atomic E-state index is 13.5. The van der Waals surface area contributed by atoms with E-state index in [1.54, 1.807) is 44.4 Å². The normalized spacial score (nSPS) is 20.9. The van der Waals surface area contributed by atoms with Crippen molar-refractivity contribution in [3.05, 3.63) is 58.1 Å². The molecule has 1 heterocycles. The highest BCUT2D eigenvalue weighted by molar-refractivity contribution is 6.30. The van der Waals surface area contributed by atoms with Crippen LogP contribution in [0.1, 0.15) is 41.4 Å². The Morgan fingerprint density at radius 2 is 1.62 bits per heavy atom. The van der Waals surface area contributed by atoms with E-state index in [0.29, 0.717) is 62.6 Å². The van der Waals surface area contributed by atoms with E-state index >= 15 is 0 Å². The average molecular weight is 571 g/mol. The highest BCUT2D eigenvalue weighted by atomic mass is 35.5. The van der Waals surface area contributed by atoms with Crippen molar-refractivity contribution in [3.8, 4) is 45.6 Å². The maximum atomic E-state index is 13.5. The molecule has 0 bridgehead atoms. The third kappa shape index (κ3) is 4.43. The molecular weight excluding hydrogens is 540 g/mol. The number of fused-ring (bicyclic) bond motifs is 4. The number of esters is 1. The molecule has 2 aliphatic rings. The first-order valence-electron chi connectivity index (χ1n) is 12.7. The lowest BCUT2D eigenvalue weighted by Crippen LogP contribution is -2.43. The summed E-state index contributed by atoms with van der Waals surface area (Å²) < 4.78 is 40.8. The molecule has 40 heavy (non-hydrogen) atoms. The summed E-state index contributed by atoms with van der Waals surface area (Å²) in [6, 6.07) is 9.92. The molecule has 3 aromatic rings. The van der Waals surface area contributed by atoms with Crippen molar-refractivity contribution in [1.82, 2.24) is 0 Å². The number of methoxy groups -OCH3 is 4. The molecule has 10 heteroatoms. The van der Waals surface area contributed by atoms with E-state index in [1.165, 1.54) is 21.3 Å². The molecule has 1 aliphatic heterocycles. The summed E-state index contributed by atoms with van der Waals surface area (Å²) in [5.41, 5.74) is 1.16. The van der Waals surface area contributed by atoms with Crippen LogP contribution in [0.25, 0.3) is 11.1 Å². The number of aliphatic hydroxyl groups is 1. The second kappa shape index (κ2) is 10.6. The van der Waals surface area contributed by atoms with Crippen LogP contribution >= 0.6 is 11.6 Å². The lowest BCUT2D eigenvalue weighted by molar-refractivity contribution is -0.107. The van der Waals surface area contributed by atoms with Crippen LogP contribution < -0.4 is 28.4 Å². The summed E-state index contributed by atoms with van der Waals surface area (Å²) in [6.45, 7) is 3.59. The van der Waals surface area contributed by atoms with Gasteiger partial charge in [-0.3, -0.25) is 0 Å². The van der Waals surface area contributed by atoms with Crippen LogP contribution in [-0.4, -0.2) is 51.9 Å². The molecule has 0 unspecified atom stereocenters. The zero-order chi connectivity index (χ0) is 28.8. The van der Waals surface area contributed by atoms with E-state index in [-0.39, 0.29) is 12.4 Å². The number of halogens is 1. The van der Waals surface area contributed by atoms with Crippen molar-refractivity contribution < 1.29 is 43.1 Å². The van der Waals surface area contributed by atoms with Crippen LogP contribution in [0, 0.1) is 5.92 Å². The molecule has 0 saturated carbocycles. The SMILES string of the molecule is COc1cc2c(c(OC)c1OC)-c1c(cc3c(c1OC)OCO3)C[C@H](C)[C@](C)(O)[C@H]2OC(=O)c1ccc(Cl)cc1. The molecule has 1 N–H and O–H groups in total. The number of rotatable bonds is 6. The van der Waals surface area contributed by atoms with Gasteiger partial charge in [-0.05, 0) is 61.2 Å². The Morgan fingerprint density at radius 1 is 0.950 bits per heavy atom. The average Bonchev–Trinajstić information content (AvgIpc) is 3.42. The second-order valence-electron chi connectivity index (χ2n) is 9.91. The smallest absolute Gasteiger partial charge is 0.338 e. The van der Waals surface area contributed by atoms with Gasteiger partial charge < -0.3 is 38.3 Å². The van der Waals surface area contributed by atoms with Gasteiger partial charge in [-0.1, -0.05) is 18.5 Å². The third-order valence-corrected chi connectivity index (χ3v) is 7.91. The Hall–Kier alpha value is -3.82. The number of carbonyl (C=O) groups is 1. The van der Waals surface area contributed by atoms with Crippen LogP contribution in [0.5, 0.6) is 34.5 Å². The standard InChI is InChI=1S/C30H31ClO9/c1-15-11-17-12-21-25(39-14-38-21)26(36-5)22(17)23-19(13-20(34-3)24(35-4)27(23)37-6)28(30(15,2)33)40-29(32)16-7-9-18(31)10-8-16/h7-10,12-13,15,28,33H,11,14H2,1-6H3/t15-,28-,30-/m0/s1. The molecule has 3 atom stereocenters. The molecule has 0 fully saturated rings. The monoisotopic (exact) mass is 570 g/mol. The summed E-state index contributed by atoms with van der Waals surface area (Å²) >= 11 is 6.03. The van der Waals surface area contributed by atoms with Gasteiger partial charge in [0.2, 0.25) is 18.3 Å². The van der Waals surface area contributed by atoms with Gasteiger partial charge in [-0.25, -0.2) is 4.79 Å². The van der Waals surface area contributed by atoms with Crippen molar-refractivity contribution in [2.24, 2.45) is 5.92 Å². The molecule has 0 spiro atoms. The number of hydrogen-bond donors (Lipinski definition) is 1. The highest BCUT2D eigenvalue weighted by Crippen LogP contribution is 2.59. The van der Waals surface area contributed by atoms with Crippen molar-refractivity contribution in [2.45, 2.75) is 32.0 Å². The number of benzene rings is 3. The quantitative estimate of drug-likeness (QED) is 0.379. The van der Waals surface area contributed by atoms with Gasteiger partial charge >= 0.3 is 5.97 Å². The largest absolute Gasteiger partial charge is 0.493 e. The van der Waals surface area contributed by atoms with E-state index in [1.807, 2.05) is 13.0 Å². The predicted molar refractivity (Wildman–Crippen MR) is 147 cm³/mol. The van der Waals surface area contributed by atoms with Gasteiger partial charge in [0.1, 0.15) is 5.60 Å². The highest BCUT2D eigenvalue weighted by Gasteiger charge is 2.47. The van der Waals surface area contributed by atoms with Crippen molar-refractivity contribution in [3.63, 3.8) is 0 Å². The van der Waals surface area contributed by atoms with Crippen LogP contribution in [0.4, 0.5) is 0 Å². The van der Waals surface area contributed by atoms with Gasteiger partial charge in [0.15, 0.2) is 29.1 Å². The number of carbonyl (C=O) groups excluding carboxylic acids is 1. The first kappa shape index (κ1) is 27.7. The van der Waals surface area contributed by atoms with Gasteiger partial charge in [-0.2, -0.15) is 0 Å². The summed E-state index contributed by atoms with van der Waals surface area (Å²) in [5.74, 6) is 1.34. The molecule has 0 amide bonds. The third-order valence-electron chi connectivity index (χ3n) is 7.66. The first-order valence-corrected chi connectivity index (χ1v) is 13.1. The molecule has 1 aliphatic carbocycles. The zero-order valence-electron chi connectivity index (χ0n) is 23.1. The van der Waals surface area contributed by atoms with Crippen LogP contribution in [0.3, 0.4) is 0 Å². The first-order chi connectivity index (χ1) is 19.2. The Labute approximate surface area is 237 Å². The minimum atomic E-state index is -1.54. The topological polar surface area (TPSA) is 102 Å². The fraction of sp³-hybridized carbons (Fsp3) is 0.367. The molecule has 5 rings (SSSR count). The fourth-order valence-corrected chi connectivity index (χ4v) is 5.51. The fourth-order valence-electron chi connectivity index (χ4n) is 5.39. The van der Waals surface area contributed by atoms with Gasteiger partial charge in [0, 0.05) is 21.7 Å². The molecule has 0 saturated heterocycles. The van der Waals surface area contributed by atoms with Crippen molar-refractivity contribution >= 4 is 17.6 Å². The van der Waals surface area contributed by atoms with Crippen LogP contribution in [0.15, 0.2) is 36.4 Å². The molecule has 212 valence electrons. The molecule has 0 aromatic heterocycles. The predicted octanol–water partition coefficient (Wildman–Crippen LogP) is 5.61. The van der Waals surface area contributed by atoms with E-state index in [9.17, 15) is 9.90 Å². The van der Waals surface area contributed by atoms with E-state index in [0.717, 1.165) is 5.56 Å². The Morgan fingerprint density at radius 3 is 2.25 bits per heavy atom. The number of ether oxygens (including phenoxy) is 7. The molecule has 9 nitrogen and oxygen atoms in total. The minimum absolute atomic E-state index is 0.0408. The Balaban J connectivity index is 1.85. The lowest BCUT2D eigenvalue weighted by Gasteiger charge is -2.41. The summed E-state index contributed by atoms with van der Waals surface area (Å²) in [4.78, 5) is 13.5. The zero-order valence-corrected chi connectivity index (χ0v) is 23.9.